The number of rotatable bonds is 8. The number of aromatic nitrogens is 2. The molecule has 0 atom stereocenters. The average molecular weight is 644 g/mol. The van der Waals surface area contributed by atoms with Crippen molar-refractivity contribution in [1.82, 2.24) is 9.97 Å². The van der Waals surface area contributed by atoms with E-state index in [9.17, 15) is 9.59 Å². The third-order valence-electron chi connectivity index (χ3n) is 6.20. The number of hydrogen-bond acceptors (Lipinski definition) is 7. The zero-order valence-electron chi connectivity index (χ0n) is 22.1. The first-order chi connectivity index (χ1) is 20.9. The Morgan fingerprint density at radius 2 is 0.930 bits per heavy atom. The summed E-state index contributed by atoms with van der Waals surface area (Å²) in [6, 6.07) is 28.2. The molecule has 7 nitrogen and oxygen atoms in total. The Morgan fingerprint density at radius 1 is 0.558 bits per heavy atom. The number of nitrogens with one attached hydrogen (secondary N) is 2. The fourth-order valence-electron chi connectivity index (χ4n) is 3.99. The van der Waals surface area contributed by atoms with Crippen LogP contribution in [-0.4, -0.2) is 21.8 Å². The summed E-state index contributed by atoms with van der Waals surface area (Å²) in [4.78, 5) is 34.5. The Morgan fingerprint density at radius 3 is 1.30 bits per heavy atom. The highest BCUT2D eigenvalue weighted by atomic mass is 35.5. The first kappa shape index (κ1) is 28.6. The van der Waals surface area contributed by atoms with Gasteiger partial charge in [-0.25, -0.2) is 9.97 Å². The van der Waals surface area contributed by atoms with Gasteiger partial charge in [-0.15, -0.1) is 22.7 Å². The molecule has 6 aromatic rings. The molecule has 0 aliphatic rings. The van der Waals surface area contributed by atoms with Gasteiger partial charge in [0.1, 0.15) is 11.5 Å². The lowest BCUT2D eigenvalue weighted by Crippen LogP contribution is -2.11. The second-order valence-corrected chi connectivity index (χ2v) is 11.7. The molecule has 2 amide bonds. The Kier molecular flexibility index (Phi) is 8.48. The van der Waals surface area contributed by atoms with Crippen LogP contribution in [0.2, 0.25) is 10.0 Å². The summed E-state index contributed by atoms with van der Waals surface area (Å²) >= 11 is 14.6. The summed E-state index contributed by atoms with van der Waals surface area (Å²) in [6.45, 7) is 0. The van der Waals surface area contributed by atoms with E-state index in [1.807, 2.05) is 35.0 Å². The van der Waals surface area contributed by atoms with E-state index < -0.39 is 0 Å². The number of carbonyl (C=O) groups is 2. The molecule has 0 unspecified atom stereocenters. The largest absolute Gasteiger partial charge is 0.457 e. The van der Waals surface area contributed by atoms with E-state index in [2.05, 4.69) is 20.6 Å². The van der Waals surface area contributed by atoms with Crippen molar-refractivity contribution in [2.75, 3.05) is 10.6 Å². The van der Waals surface area contributed by atoms with E-state index >= 15 is 0 Å². The first-order valence-electron chi connectivity index (χ1n) is 12.8. The molecule has 43 heavy (non-hydrogen) atoms. The predicted octanol–water partition coefficient (Wildman–Crippen LogP) is 9.54. The molecule has 0 saturated carbocycles. The molecule has 0 aliphatic carbocycles. The van der Waals surface area contributed by atoms with Gasteiger partial charge in [0.2, 0.25) is 0 Å². The van der Waals surface area contributed by atoms with Gasteiger partial charge >= 0.3 is 0 Å². The van der Waals surface area contributed by atoms with Crippen LogP contribution in [0, 0.1) is 0 Å². The van der Waals surface area contributed by atoms with Crippen molar-refractivity contribution in [2.45, 2.75) is 0 Å². The van der Waals surface area contributed by atoms with Crippen LogP contribution >= 0.6 is 45.9 Å². The molecule has 4 aromatic carbocycles. The van der Waals surface area contributed by atoms with Gasteiger partial charge in [0.25, 0.3) is 11.8 Å². The summed E-state index contributed by atoms with van der Waals surface area (Å²) in [6.07, 6.45) is 0. The lowest BCUT2D eigenvalue weighted by Gasteiger charge is -2.08. The minimum Gasteiger partial charge on any atom is -0.457 e. The smallest absolute Gasteiger partial charge is 0.257 e. The van der Waals surface area contributed by atoms with Crippen molar-refractivity contribution in [2.24, 2.45) is 0 Å². The van der Waals surface area contributed by atoms with Gasteiger partial charge in [-0.1, -0.05) is 47.5 Å². The lowest BCUT2D eigenvalue weighted by molar-refractivity contribution is 0.101. The number of benzene rings is 4. The third kappa shape index (κ3) is 7.10. The zero-order valence-corrected chi connectivity index (χ0v) is 25.2. The highest BCUT2D eigenvalue weighted by Gasteiger charge is 2.13. The van der Waals surface area contributed by atoms with Crippen LogP contribution in [0.3, 0.4) is 0 Å². The lowest BCUT2D eigenvalue weighted by atomic mass is 10.2. The quantitative estimate of drug-likeness (QED) is 0.172. The van der Waals surface area contributed by atoms with E-state index in [0.717, 1.165) is 22.5 Å². The van der Waals surface area contributed by atoms with Crippen LogP contribution < -0.4 is 15.4 Å². The topological polar surface area (TPSA) is 93.2 Å². The number of halogens is 2. The second kappa shape index (κ2) is 12.8. The summed E-state index contributed by atoms with van der Waals surface area (Å²) < 4.78 is 5.90. The van der Waals surface area contributed by atoms with Gasteiger partial charge in [-0.3, -0.25) is 20.2 Å². The van der Waals surface area contributed by atoms with Crippen molar-refractivity contribution in [3.8, 4) is 34.0 Å². The Hall–Kier alpha value is -4.54. The number of amides is 2. The summed E-state index contributed by atoms with van der Waals surface area (Å²) in [5.41, 5.74) is 4.28. The third-order valence-corrected chi connectivity index (χ3v) is 8.22. The molecule has 6 rings (SSSR count). The van der Waals surface area contributed by atoms with Gasteiger partial charge in [0.15, 0.2) is 10.3 Å². The molecule has 2 heterocycles. The van der Waals surface area contributed by atoms with Gasteiger partial charge < -0.3 is 4.74 Å². The molecule has 0 bridgehead atoms. The number of nitrogens with zero attached hydrogens (tertiary/aromatic N) is 2. The minimum absolute atomic E-state index is 0.278. The van der Waals surface area contributed by atoms with Gasteiger partial charge in [-0.05, 0) is 72.8 Å². The maximum Gasteiger partial charge on any atom is 0.257 e. The molecule has 0 saturated heterocycles. The zero-order chi connectivity index (χ0) is 29.8. The Labute approximate surface area is 264 Å². The number of anilines is 2. The highest BCUT2D eigenvalue weighted by Crippen LogP contribution is 2.28. The standard InChI is InChI=1S/C32H20Cl2N4O3S2/c33-23-9-1-19(2-10-23)27-17-42-31(35-27)37-29(39)21-5-13-25(14-6-21)41-26-15-7-22(8-16-26)30(40)38-32-36-28(18-43-32)20-3-11-24(34)12-4-20/h1-18H,(H,35,37,39)(H,36,38,40). The molecular formula is C32H20Cl2N4O3S2. The van der Waals surface area contributed by atoms with Crippen LogP contribution in [0.1, 0.15) is 20.7 Å². The second-order valence-electron chi connectivity index (χ2n) is 9.15. The van der Waals surface area contributed by atoms with Gasteiger partial charge in [0, 0.05) is 43.1 Å². The van der Waals surface area contributed by atoms with Crippen LogP contribution in [0.4, 0.5) is 10.3 Å². The highest BCUT2D eigenvalue weighted by molar-refractivity contribution is 7.14. The Bertz CT molecular complexity index is 1750. The predicted molar refractivity (Wildman–Crippen MR) is 174 cm³/mol. The van der Waals surface area contributed by atoms with E-state index in [1.165, 1.54) is 22.7 Å². The number of ether oxygens (including phenoxy) is 1. The van der Waals surface area contributed by atoms with Crippen LogP contribution in [0.25, 0.3) is 22.5 Å². The molecule has 2 N–H and O–H groups in total. The normalized spacial score (nSPS) is 10.7. The van der Waals surface area contributed by atoms with Crippen LogP contribution in [0.5, 0.6) is 11.5 Å². The maximum absolute atomic E-state index is 12.7. The minimum atomic E-state index is -0.278. The molecule has 0 aliphatic heterocycles. The summed E-state index contributed by atoms with van der Waals surface area (Å²) in [5, 5.41) is 11.7. The van der Waals surface area contributed by atoms with Crippen LogP contribution in [0.15, 0.2) is 108 Å². The summed E-state index contributed by atoms with van der Waals surface area (Å²) in [5.74, 6) is 0.537. The maximum atomic E-state index is 12.7. The van der Waals surface area contributed by atoms with E-state index in [-0.39, 0.29) is 11.8 Å². The monoisotopic (exact) mass is 642 g/mol. The van der Waals surface area contributed by atoms with Crippen molar-refractivity contribution >= 4 is 68.0 Å². The van der Waals surface area contributed by atoms with Crippen LogP contribution in [-0.2, 0) is 0 Å². The van der Waals surface area contributed by atoms with E-state index in [1.54, 1.807) is 72.8 Å². The molecule has 0 spiro atoms. The fourth-order valence-corrected chi connectivity index (χ4v) is 5.67. The van der Waals surface area contributed by atoms with Crippen molar-refractivity contribution < 1.29 is 14.3 Å². The van der Waals surface area contributed by atoms with Crippen molar-refractivity contribution in [3.63, 3.8) is 0 Å². The molecule has 0 radical (unpaired) electrons. The van der Waals surface area contributed by atoms with Crippen molar-refractivity contribution in [3.05, 3.63) is 129 Å². The number of carbonyl (C=O) groups excluding carboxylic acids is 2. The Balaban J connectivity index is 1.03. The fraction of sp³-hybridized carbons (Fsp3) is 0. The number of hydrogen-bond donors (Lipinski definition) is 2. The summed E-state index contributed by atoms with van der Waals surface area (Å²) in [7, 11) is 0. The number of thiazole rings is 2. The molecule has 212 valence electrons. The average Bonchev–Trinajstić information content (AvgIpc) is 3.69. The van der Waals surface area contributed by atoms with Gasteiger partial charge in [0.05, 0.1) is 11.4 Å². The molecule has 0 fully saturated rings. The van der Waals surface area contributed by atoms with E-state index in [4.69, 9.17) is 27.9 Å². The molecular weight excluding hydrogens is 623 g/mol. The molecule has 2 aromatic heterocycles. The molecule has 11 heteroatoms. The first-order valence-corrected chi connectivity index (χ1v) is 15.3. The van der Waals surface area contributed by atoms with E-state index in [0.29, 0.717) is 42.9 Å². The SMILES string of the molecule is O=C(Nc1nc(-c2ccc(Cl)cc2)cs1)c1ccc(Oc2ccc(C(=O)Nc3nc(-c4ccc(Cl)cc4)cs3)cc2)cc1. The van der Waals surface area contributed by atoms with Gasteiger partial charge in [-0.2, -0.15) is 0 Å². The van der Waals surface area contributed by atoms with Crippen molar-refractivity contribution in [1.29, 1.82) is 0 Å².